The van der Waals surface area contributed by atoms with E-state index in [9.17, 15) is 4.79 Å². The average molecular weight is 235 g/mol. The monoisotopic (exact) mass is 235 g/mol. The van der Waals surface area contributed by atoms with Crippen LogP contribution in [0.5, 0.6) is 0 Å². The van der Waals surface area contributed by atoms with Crippen LogP contribution in [0.1, 0.15) is 10.5 Å². The zero-order valence-electron chi connectivity index (χ0n) is 10.2. The number of hydrogen-bond donors (Lipinski definition) is 1. The highest BCUT2D eigenvalue weighted by atomic mass is 16.2. The Morgan fingerprint density at radius 1 is 1.24 bits per heavy atom. The number of carbonyl (C=O) groups excluding carboxylic acids is 1. The molecule has 2 rings (SSSR count). The molecular weight excluding hydrogens is 218 g/mol. The first-order chi connectivity index (χ1) is 8.20. The van der Waals surface area contributed by atoms with Gasteiger partial charge in [-0.05, 0) is 7.05 Å². The van der Waals surface area contributed by atoms with Crippen molar-refractivity contribution in [3.05, 3.63) is 18.1 Å². The molecule has 92 valence electrons. The topological polar surface area (TPSA) is 61.4 Å². The third-order valence-corrected chi connectivity index (χ3v) is 2.92. The highest BCUT2D eigenvalue weighted by Gasteiger charge is 2.21. The van der Waals surface area contributed by atoms with Crippen LogP contribution in [0.3, 0.4) is 0 Å². The fourth-order valence-electron chi connectivity index (χ4n) is 1.74. The van der Waals surface area contributed by atoms with Gasteiger partial charge in [0.1, 0.15) is 11.5 Å². The quantitative estimate of drug-likeness (QED) is 0.776. The highest BCUT2D eigenvalue weighted by molar-refractivity contribution is 5.92. The fourth-order valence-corrected chi connectivity index (χ4v) is 1.74. The second kappa shape index (κ2) is 5.09. The molecule has 1 saturated heterocycles. The Morgan fingerprint density at radius 2 is 1.94 bits per heavy atom. The molecule has 0 saturated carbocycles. The number of likely N-dealkylation sites (N-methyl/N-ethyl adjacent to an activating group) is 1. The first-order valence-electron chi connectivity index (χ1n) is 5.68. The number of aromatic nitrogens is 2. The predicted molar refractivity (Wildman–Crippen MR) is 65.0 cm³/mol. The van der Waals surface area contributed by atoms with Crippen LogP contribution in [0, 0.1) is 0 Å². The summed E-state index contributed by atoms with van der Waals surface area (Å²) in [4.78, 5) is 24.3. The van der Waals surface area contributed by atoms with E-state index in [1.54, 1.807) is 13.2 Å². The molecule has 6 heteroatoms. The van der Waals surface area contributed by atoms with E-state index in [0.717, 1.165) is 26.2 Å². The van der Waals surface area contributed by atoms with Crippen LogP contribution in [0.15, 0.2) is 12.4 Å². The molecule has 0 unspecified atom stereocenters. The molecule has 1 amide bonds. The van der Waals surface area contributed by atoms with Crippen molar-refractivity contribution in [3.8, 4) is 0 Å². The van der Waals surface area contributed by atoms with E-state index < -0.39 is 0 Å². The summed E-state index contributed by atoms with van der Waals surface area (Å²) in [6.45, 7) is 3.33. The van der Waals surface area contributed by atoms with Crippen LogP contribution in [-0.4, -0.2) is 65.9 Å². The summed E-state index contributed by atoms with van der Waals surface area (Å²) in [6, 6.07) is 0. The third-order valence-electron chi connectivity index (χ3n) is 2.92. The van der Waals surface area contributed by atoms with Crippen LogP contribution in [0.2, 0.25) is 0 Å². The van der Waals surface area contributed by atoms with E-state index in [2.05, 4.69) is 27.2 Å². The van der Waals surface area contributed by atoms with Crippen molar-refractivity contribution in [2.75, 3.05) is 45.6 Å². The summed E-state index contributed by atoms with van der Waals surface area (Å²) < 4.78 is 0. The lowest BCUT2D eigenvalue weighted by molar-refractivity contribution is 0.0658. The normalized spacial score (nSPS) is 16.9. The summed E-state index contributed by atoms with van der Waals surface area (Å²) in [5.74, 6) is 0.633. The van der Waals surface area contributed by atoms with E-state index in [4.69, 9.17) is 0 Å². The van der Waals surface area contributed by atoms with Gasteiger partial charge in [0.05, 0.1) is 12.4 Å². The number of nitrogens with zero attached hydrogens (tertiary/aromatic N) is 4. The molecule has 0 bridgehead atoms. The fraction of sp³-hybridized carbons (Fsp3) is 0.545. The lowest BCUT2D eigenvalue weighted by atomic mass is 10.3. The largest absolute Gasteiger partial charge is 0.372 e. The molecule has 0 spiro atoms. The van der Waals surface area contributed by atoms with Gasteiger partial charge in [-0.3, -0.25) is 4.79 Å². The molecule has 0 atom stereocenters. The molecule has 0 aliphatic carbocycles. The average Bonchev–Trinajstić information content (AvgIpc) is 2.39. The van der Waals surface area contributed by atoms with Gasteiger partial charge in [0.25, 0.3) is 5.91 Å². The maximum absolute atomic E-state index is 12.1. The number of hydrogen-bond acceptors (Lipinski definition) is 5. The molecule has 6 nitrogen and oxygen atoms in total. The van der Waals surface area contributed by atoms with Crippen molar-refractivity contribution >= 4 is 11.7 Å². The van der Waals surface area contributed by atoms with Gasteiger partial charge in [0.2, 0.25) is 0 Å². The number of piperazine rings is 1. The van der Waals surface area contributed by atoms with Crippen molar-refractivity contribution in [1.29, 1.82) is 0 Å². The second-order valence-electron chi connectivity index (χ2n) is 4.13. The van der Waals surface area contributed by atoms with E-state index >= 15 is 0 Å². The maximum atomic E-state index is 12.1. The minimum Gasteiger partial charge on any atom is -0.372 e. The molecule has 1 aliphatic heterocycles. The van der Waals surface area contributed by atoms with Crippen LogP contribution >= 0.6 is 0 Å². The smallest absolute Gasteiger partial charge is 0.274 e. The highest BCUT2D eigenvalue weighted by Crippen LogP contribution is 2.06. The second-order valence-corrected chi connectivity index (χ2v) is 4.13. The zero-order chi connectivity index (χ0) is 12.3. The number of carbonyl (C=O) groups is 1. The van der Waals surface area contributed by atoms with Crippen LogP contribution in [0.25, 0.3) is 0 Å². The lowest BCUT2D eigenvalue weighted by Crippen LogP contribution is -2.47. The van der Waals surface area contributed by atoms with E-state index in [-0.39, 0.29) is 5.91 Å². The SMILES string of the molecule is CNc1cnc(C(=O)N2CCN(C)CC2)cn1. The molecule has 1 fully saturated rings. The van der Waals surface area contributed by atoms with Crippen LogP contribution < -0.4 is 5.32 Å². The van der Waals surface area contributed by atoms with Gasteiger partial charge in [0.15, 0.2) is 0 Å². The molecule has 1 N–H and O–H groups in total. The summed E-state index contributed by atoms with van der Waals surface area (Å²) >= 11 is 0. The summed E-state index contributed by atoms with van der Waals surface area (Å²) in [5, 5.41) is 2.87. The van der Waals surface area contributed by atoms with Gasteiger partial charge in [-0.1, -0.05) is 0 Å². The number of nitrogens with one attached hydrogen (secondary N) is 1. The van der Waals surface area contributed by atoms with Gasteiger partial charge in [-0.2, -0.15) is 0 Å². The molecule has 17 heavy (non-hydrogen) atoms. The summed E-state index contributed by atoms with van der Waals surface area (Å²) in [7, 11) is 3.83. The maximum Gasteiger partial charge on any atom is 0.274 e. The molecule has 1 aliphatic rings. The zero-order valence-corrected chi connectivity index (χ0v) is 10.2. The Morgan fingerprint density at radius 3 is 2.47 bits per heavy atom. The molecule has 0 aromatic carbocycles. The van der Waals surface area contributed by atoms with Gasteiger partial charge in [-0.15, -0.1) is 0 Å². The van der Waals surface area contributed by atoms with Crippen LogP contribution in [0.4, 0.5) is 5.82 Å². The standard InChI is InChI=1S/C11H17N5O/c1-12-10-8-13-9(7-14-10)11(17)16-5-3-15(2)4-6-16/h7-8H,3-6H2,1-2H3,(H,12,14). The molecular formula is C11H17N5O. The van der Waals surface area contributed by atoms with E-state index in [1.807, 2.05) is 4.90 Å². The van der Waals surface area contributed by atoms with Crippen molar-refractivity contribution in [2.24, 2.45) is 0 Å². The Hall–Kier alpha value is -1.69. The van der Waals surface area contributed by atoms with Gasteiger partial charge >= 0.3 is 0 Å². The van der Waals surface area contributed by atoms with Crippen molar-refractivity contribution in [3.63, 3.8) is 0 Å². The molecule has 1 aromatic rings. The Balaban J connectivity index is 2.03. The lowest BCUT2D eigenvalue weighted by Gasteiger charge is -2.32. The van der Waals surface area contributed by atoms with Crippen LogP contribution in [-0.2, 0) is 0 Å². The van der Waals surface area contributed by atoms with Crippen molar-refractivity contribution in [1.82, 2.24) is 19.8 Å². The minimum absolute atomic E-state index is 0.0340. The third kappa shape index (κ3) is 2.71. The Labute approximate surface area is 101 Å². The van der Waals surface area contributed by atoms with Gasteiger partial charge in [-0.25, -0.2) is 9.97 Å². The minimum atomic E-state index is -0.0340. The van der Waals surface area contributed by atoms with E-state index in [1.165, 1.54) is 6.20 Å². The predicted octanol–water partition coefficient (Wildman–Crippen LogP) is -0.0941. The van der Waals surface area contributed by atoms with Gasteiger partial charge in [0, 0.05) is 33.2 Å². The Bertz CT molecular complexity index is 383. The molecule has 0 radical (unpaired) electrons. The first kappa shape index (κ1) is 11.8. The Kier molecular flexibility index (Phi) is 3.53. The number of anilines is 1. The molecule has 2 heterocycles. The molecule has 1 aromatic heterocycles. The van der Waals surface area contributed by atoms with Crippen molar-refractivity contribution in [2.45, 2.75) is 0 Å². The van der Waals surface area contributed by atoms with Crippen molar-refractivity contribution < 1.29 is 4.79 Å². The number of amides is 1. The number of rotatable bonds is 2. The first-order valence-corrected chi connectivity index (χ1v) is 5.68. The van der Waals surface area contributed by atoms with Gasteiger partial charge < -0.3 is 15.1 Å². The van der Waals surface area contributed by atoms with E-state index in [0.29, 0.717) is 11.5 Å². The summed E-state index contributed by atoms with van der Waals surface area (Å²) in [6.07, 6.45) is 3.09. The summed E-state index contributed by atoms with van der Waals surface area (Å²) in [5.41, 5.74) is 0.411.